The van der Waals surface area contributed by atoms with Crippen molar-refractivity contribution in [2.45, 2.75) is 0 Å². The fourth-order valence-electron chi connectivity index (χ4n) is 1.28. The molecular weight excluding hydrogens is 360 g/mol. The predicted molar refractivity (Wildman–Crippen MR) is 74.1 cm³/mol. The molecule has 8 heteroatoms. The number of hydrogen-bond acceptors (Lipinski definition) is 3. The van der Waals surface area contributed by atoms with E-state index in [1.165, 1.54) is 12.1 Å². The molecule has 1 heterocycles. The van der Waals surface area contributed by atoms with Crippen molar-refractivity contribution in [2.75, 3.05) is 5.32 Å². The van der Waals surface area contributed by atoms with Crippen LogP contribution in [-0.2, 0) is 0 Å². The maximum Gasteiger partial charge on any atom is 0.258 e. The summed E-state index contributed by atoms with van der Waals surface area (Å²) < 4.78 is 13.6. The van der Waals surface area contributed by atoms with Crippen molar-refractivity contribution in [3.8, 4) is 0 Å². The molecule has 0 aliphatic heterocycles. The Hall–Kier alpha value is -1.24. The minimum Gasteiger partial charge on any atom is -0.305 e. The van der Waals surface area contributed by atoms with Gasteiger partial charge in [-0.15, -0.1) is 0 Å². The largest absolute Gasteiger partial charge is 0.305 e. The van der Waals surface area contributed by atoms with Crippen molar-refractivity contribution >= 4 is 50.9 Å². The second-order valence-corrected chi connectivity index (χ2v) is 5.00. The van der Waals surface area contributed by atoms with E-state index in [4.69, 9.17) is 23.2 Å². The van der Waals surface area contributed by atoms with Gasteiger partial charge < -0.3 is 5.32 Å². The molecule has 0 spiro atoms. The topological polar surface area (TPSA) is 54.9 Å². The van der Waals surface area contributed by atoms with Crippen molar-refractivity contribution in [3.63, 3.8) is 0 Å². The van der Waals surface area contributed by atoms with Gasteiger partial charge in [0.25, 0.3) is 5.91 Å². The summed E-state index contributed by atoms with van der Waals surface area (Å²) in [6, 6.07) is 3.75. The Morgan fingerprint density at radius 2 is 2.05 bits per heavy atom. The number of carbonyl (C=O) groups is 1. The van der Waals surface area contributed by atoms with Gasteiger partial charge in [-0.25, -0.2) is 14.4 Å². The number of aromatic nitrogens is 2. The summed E-state index contributed by atoms with van der Waals surface area (Å²) in [4.78, 5) is 19.4. The molecule has 0 radical (unpaired) electrons. The quantitative estimate of drug-likeness (QED) is 0.821. The molecule has 0 aliphatic carbocycles. The zero-order valence-electron chi connectivity index (χ0n) is 9.12. The van der Waals surface area contributed by atoms with Gasteiger partial charge in [0.05, 0.1) is 5.56 Å². The van der Waals surface area contributed by atoms with Gasteiger partial charge >= 0.3 is 0 Å². The van der Waals surface area contributed by atoms with E-state index in [0.717, 1.165) is 12.4 Å². The van der Waals surface area contributed by atoms with Crippen molar-refractivity contribution < 1.29 is 9.18 Å². The summed E-state index contributed by atoms with van der Waals surface area (Å²) in [5.74, 6) is -1.04. The standard InChI is InChI=1S/C11H5BrCl2FN3O/c12-7-2-1-5(15)3-6(7)11(19)18-10-8(13)9(14)16-4-17-10/h1-4H,(H,16,17,18,19). The van der Waals surface area contributed by atoms with Crippen LogP contribution in [0.1, 0.15) is 10.4 Å². The minimum atomic E-state index is -0.567. The molecule has 1 aromatic heterocycles. The third kappa shape index (κ3) is 3.20. The first-order valence-corrected chi connectivity index (χ1v) is 6.46. The Morgan fingerprint density at radius 1 is 1.32 bits per heavy atom. The van der Waals surface area contributed by atoms with Gasteiger partial charge in [0.2, 0.25) is 0 Å². The number of benzene rings is 1. The summed E-state index contributed by atoms with van der Waals surface area (Å²) in [6.07, 6.45) is 1.16. The van der Waals surface area contributed by atoms with Gasteiger partial charge in [-0.1, -0.05) is 23.2 Å². The molecule has 0 aliphatic rings. The summed E-state index contributed by atoms with van der Waals surface area (Å²) >= 11 is 14.7. The summed E-state index contributed by atoms with van der Waals surface area (Å²) in [5.41, 5.74) is 0.116. The molecule has 2 rings (SSSR count). The lowest BCUT2D eigenvalue weighted by Crippen LogP contribution is -2.14. The van der Waals surface area contributed by atoms with E-state index in [9.17, 15) is 9.18 Å². The Balaban J connectivity index is 2.31. The molecule has 1 aromatic carbocycles. The van der Waals surface area contributed by atoms with Crippen LogP contribution in [0.15, 0.2) is 29.0 Å². The van der Waals surface area contributed by atoms with E-state index >= 15 is 0 Å². The van der Waals surface area contributed by atoms with Crippen LogP contribution in [-0.4, -0.2) is 15.9 Å². The van der Waals surface area contributed by atoms with Crippen LogP contribution < -0.4 is 5.32 Å². The average Bonchev–Trinajstić information content (AvgIpc) is 2.38. The third-order valence-electron chi connectivity index (χ3n) is 2.15. The zero-order valence-corrected chi connectivity index (χ0v) is 12.2. The summed E-state index contributed by atoms with van der Waals surface area (Å²) in [6.45, 7) is 0. The molecule has 0 unspecified atom stereocenters. The first kappa shape index (κ1) is 14.2. The maximum absolute atomic E-state index is 13.1. The van der Waals surface area contributed by atoms with Gasteiger partial charge in [0.15, 0.2) is 11.0 Å². The molecule has 2 aromatic rings. The highest BCUT2D eigenvalue weighted by molar-refractivity contribution is 9.10. The molecule has 1 amide bonds. The van der Waals surface area contributed by atoms with E-state index in [1.54, 1.807) is 0 Å². The predicted octanol–water partition coefficient (Wildman–Crippen LogP) is 3.94. The Bertz CT molecular complexity index is 654. The Labute approximate surface area is 126 Å². The Kier molecular flexibility index (Phi) is 4.34. The van der Waals surface area contributed by atoms with E-state index in [1.807, 2.05) is 0 Å². The number of amides is 1. The smallest absolute Gasteiger partial charge is 0.258 e. The van der Waals surface area contributed by atoms with Crippen LogP contribution in [0.4, 0.5) is 10.2 Å². The number of nitrogens with zero attached hydrogens (tertiary/aromatic N) is 2. The molecule has 1 N–H and O–H groups in total. The molecule has 19 heavy (non-hydrogen) atoms. The summed E-state index contributed by atoms with van der Waals surface area (Å²) in [5, 5.41) is 2.47. The molecule has 0 saturated heterocycles. The van der Waals surface area contributed by atoms with Crippen LogP contribution in [0.5, 0.6) is 0 Å². The molecule has 0 bridgehead atoms. The first-order chi connectivity index (χ1) is 8.99. The normalized spacial score (nSPS) is 10.3. The average molecular weight is 365 g/mol. The number of anilines is 1. The lowest BCUT2D eigenvalue weighted by atomic mass is 10.2. The lowest BCUT2D eigenvalue weighted by Gasteiger charge is -2.07. The van der Waals surface area contributed by atoms with Crippen LogP contribution >= 0.6 is 39.1 Å². The van der Waals surface area contributed by atoms with E-state index in [0.29, 0.717) is 4.47 Å². The minimum absolute atomic E-state index is 0.0186. The second kappa shape index (κ2) is 5.81. The highest BCUT2D eigenvalue weighted by atomic mass is 79.9. The van der Waals surface area contributed by atoms with Crippen molar-refractivity contribution in [1.29, 1.82) is 0 Å². The monoisotopic (exact) mass is 363 g/mol. The first-order valence-electron chi connectivity index (χ1n) is 4.91. The van der Waals surface area contributed by atoms with E-state index in [-0.39, 0.29) is 21.6 Å². The molecule has 98 valence electrons. The lowest BCUT2D eigenvalue weighted by molar-refractivity contribution is 0.102. The van der Waals surface area contributed by atoms with Crippen LogP contribution in [0, 0.1) is 5.82 Å². The number of rotatable bonds is 2. The number of hydrogen-bond donors (Lipinski definition) is 1. The highest BCUT2D eigenvalue weighted by Gasteiger charge is 2.15. The van der Waals surface area contributed by atoms with E-state index in [2.05, 4.69) is 31.2 Å². The van der Waals surface area contributed by atoms with Crippen LogP contribution in [0.25, 0.3) is 0 Å². The van der Waals surface area contributed by atoms with Crippen molar-refractivity contribution in [2.24, 2.45) is 0 Å². The molecular formula is C11H5BrCl2FN3O. The van der Waals surface area contributed by atoms with Gasteiger partial charge in [-0.3, -0.25) is 4.79 Å². The van der Waals surface area contributed by atoms with Gasteiger partial charge in [-0.05, 0) is 34.1 Å². The number of carbonyl (C=O) groups excluding carboxylic acids is 1. The summed E-state index contributed by atoms with van der Waals surface area (Å²) in [7, 11) is 0. The molecule has 0 saturated carbocycles. The van der Waals surface area contributed by atoms with E-state index < -0.39 is 11.7 Å². The molecule has 0 atom stereocenters. The van der Waals surface area contributed by atoms with Crippen molar-refractivity contribution in [3.05, 3.63) is 50.6 Å². The van der Waals surface area contributed by atoms with Gasteiger partial charge in [-0.2, -0.15) is 0 Å². The number of nitrogens with one attached hydrogen (secondary N) is 1. The molecule has 0 fully saturated rings. The fraction of sp³-hybridized carbons (Fsp3) is 0. The molecule has 4 nitrogen and oxygen atoms in total. The van der Waals surface area contributed by atoms with Gasteiger partial charge in [0, 0.05) is 4.47 Å². The van der Waals surface area contributed by atoms with Crippen LogP contribution in [0.2, 0.25) is 10.2 Å². The Morgan fingerprint density at radius 3 is 2.79 bits per heavy atom. The number of halogens is 4. The highest BCUT2D eigenvalue weighted by Crippen LogP contribution is 2.26. The third-order valence-corrected chi connectivity index (χ3v) is 3.58. The SMILES string of the molecule is O=C(Nc1ncnc(Cl)c1Cl)c1cc(F)ccc1Br. The van der Waals surface area contributed by atoms with Gasteiger partial charge in [0.1, 0.15) is 17.2 Å². The maximum atomic E-state index is 13.1. The fourth-order valence-corrected chi connectivity index (χ4v) is 1.99. The van der Waals surface area contributed by atoms with Crippen molar-refractivity contribution in [1.82, 2.24) is 9.97 Å². The zero-order chi connectivity index (χ0) is 14.0. The van der Waals surface area contributed by atoms with Crippen LogP contribution in [0.3, 0.4) is 0 Å². The second-order valence-electron chi connectivity index (χ2n) is 3.41.